The van der Waals surface area contributed by atoms with Gasteiger partial charge < -0.3 is 5.32 Å². The molecule has 4 heteroatoms. The van der Waals surface area contributed by atoms with Crippen molar-refractivity contribution < 1.29 is 13.2 Å². The minimum atomic E-state index is -4.05. The van der Waals surface area contributed by atoms with Crippen molar-refractivity contribution in [3.05, 3.63) is 35.4 Å². The van der Waals surface area contributed by atoms with Gasteiger partial charge in [0.05, 0.1) is 0 Å². The Bertz CT molecular complexity index is 483. The van der Waals surface area contributed by atoms with Crippen LogP contribution in [0.3, 0.4) is 0 Å². The zero-order chi connectivity index (χ0) is 14.3. The molecular weight excluding hydrogens is 263 g/mol. The van der Waals surface area contributed by atoms with Gasteiger partial charge in [-0.05, 0) is 55.2 Å². The molecule has 0 aliphatic heterocycles. The summed E-state index contributed by atoms with van der Waals surface area (Å²) in [6.07, 6.45) is -2.34. The average molecular weight is 283 g/mol. The summed E-state index contributed by atoms with van der Waals surface area (Å²) in [6.45, 7) is 0. The number of benzene rings is 1. The third-order valence-electron chi connectivity index (χ3n) is 4.96. The number of nitrogens with one attached hydrogen (secondary N) is 1. The third-order valence-corrected chi connectivity index (χ3v) is 4.96. The molecule has 0 aromatic heterocycles. The van der Waals surface area contributed by atoms with E-state index in [1.54, 1.807) is 7.05 Å². The minimum Gasteiger partial charge on any atom is -0.317 e. The highest BCUT2D eigenvalue weighted by atomic mass is 19.4. The number of fused-ring (bicyclic) bond motifs is 3. The highest BCUT2D eigenvalue weighted by Crippen LogP contribution is 2.61. The van der Waals surface area contributed by atoms with Crippen LogP contribution in [-0.2, 0) is 6.42 Å². The van der Waals surface area contributed by atoms with E-state index >= 15 is 0 Å². The van der Waals surface area contributed by atoms with Crippen LogP contribution in [0, 0.1) is 11.8 Å². The molecule has 1 N–H and O–H groups in total. The molecule has 4 atom stereocenters. The number of rotatable bonds is 4. The normalized spacial score (nSPS) is 29.5. The fourth-order valence-electron chi connectivity index (χ4n) is 4.02. The second-order valence-electron chi connectivity index (χ2n) is 6.05. The van der Waals surface area contributed by atoms with Crippen LogP contribution >= 0.6 is 0 Å². The molecule has 110 valence electrons. The van der Waals surface area contributed by atoms with Crippen molar-refractivity contribution in [2.24, 2.45) is 11.8 Å². The Balaban J connectivity index is 1.70. The summed E-state index contributed by atoms with van der Waals surface area (Å²) in [5.74, 6) is 1.44. The Morgan fingerprint density at radius 1 is 1.30 bits per heavy atom. The zero-order valence-corrected chi connectivity index (χ0v) is 11.6. The van der Waals surface area contributed by atoms with E-state index in [-0.39, 0.29) is 12.5 Å². The molecule has 1 saturated carbocycles. The Hall–Kier alpha value is -1.03. The molecule has 0 heterocycles. The molecule has 2 aliphatic carbocycles. The first-order chi connectivity index (χ1) is 9.51. The molecular formula is C16H20F3N. The molecule has 4 unspecified atom stereocenters. The SMILES string of the molecule is CNC(CCC(F)(F)F)C1C2CCc3ccccc3C21. The predicted octanol–water partition coefficient (Wildman–Crippen LogP) is 3.89. The monoisotopic (exact) mass is 283 g/mol. The quantitative estimate of drug-likeness (QED) is 0.884. The lowest BCUT2D eigenvalue weighted by Crippen LogP contribution is -2.30. The van der Waals surface area contributed by atoms with E-state index in [1.165, 1.54) is 11.1 Å². The van der Waals surface area contributed by atoms with Crippen molar-refractivity contribution in [2.75, 3.05) is 7.05 Å². The number of halogens is 3. The van der Waals surface area contributed by atoms with Gasteiger partial charge in [-0.3, -0.25) is 0 Å². The van der Waals surface area contributed by atoms with Crippen molar-refractivity contribution in [1.82, 2.24) is 5.32 Å². The van der Waals surface area contributed by atoms with Gasteiger partial charge in [0.1, 0.15) is 0 Å². The number of hydrogen-bond acceptors (Lipinski definition) is 1. The Morgan fingerprint density at radius 2 is 2.05 bits per heavy atom. The maximum Gasteiger partial charge on any atom is 0.389 e. The third kappa shape index (κ3) is 2.58. The molecule has 0 spiro atoms. The Labute approximate surface area is 117 Å². The van der Waals surface area contributed by atoms with Crippen LogP contribution in [0.1, 0.15) is 36.3 Å². The van der Waals surface area contributed by atoms with Gasteiger partial charge in [-0.2, -0.15) is 13.2 Å². The van der Waals surface area contributed by atoms with Gasteiger partial charge in [0.25, 0.3) is 0 Å². The molecule has 20 heavy (non-hydrogen) atoms. The van der Waals surface area contributed by atoms with Gasteiger partial charge >= 0.3 is 6.18 Å². The van der Waals surface area contributed by atoms with Gasteiger partial charge in [-0.25, -0.2) is 0 Å². The van der Waals surface area contributed by atoms with Gasteiger partial charge in [0.15, 0.2) is 0 Å². The van der Waals surface area contributed by atoms with Gasteiger partial charge in [0, 0.05) is 12.5 Å². The molecule has 1 aromatic rings. The van der Waals surface area contributed by atoms with E-state index in [1.807, 2.05) is 6.07 Å². The minimum absolute atomic E-state index is 0.0159. The summed E-state index contributed by atoms with van der Waals surface area (Å²) < 4.78 is 37.3. The van der Waals surface area contributed by atoms with E-state index in [9.17, 15) is 13.2 Å². The number of alkyl halides is 3. The first-order valence-electron chi connectivity index (χ1n) is 7.33. The van der Waals surface area contributed by atoms with Crippen LogP contribution in [0.2, 0.25) is 0 Å². The van der Waals surface area contributed by atoms with Gasteiger partial charge in [-0.1, -0.05) is 24.3 Å². The fourth-order valence-corrected chi connectivity index (χ4v) is 4.02. The number of aryl methyl sites for hydroxylation is 1. The number of hydrogen-bond donors (Lipinski definition) is 1. The lowest BCUT2D eigenvalue weighted by molar-refractivity contribution is -0.136. The molecule has 1 fully saturated rings. The molecule has 1 aromatic carbocycles. The van der Waals surface area contributed by atoms with Gasteiger partial charge in [0.2, 0.25) is 0 Å². The molecule has 0 saturated heterocycles. The van der Waals surface area contributed by atoms with Crippen LogP contribution in [0.5, 0.6) is 0 Å². The summed E-state index contributed by atoms with van der Waals surface area (Å²) >= 11 is 0. The van der Waals surface area contributed by atoms with E-state index in [0.29, 0.717) is 17.8 Å². The molecule has 3 rings (SSSR count). The van der Waals surface area contributed by atoms with Crippen LogP contribution in [-0.4, -0.2) is 19.3 Å². The van der Waals surface area contributed by atoms with Crippen LogP contribution < -0.4 is 5.32 Å². The largest absolute Gasteiger partial charge is 0.389 e. The molecule has 2 aliphatic rings. The smallest absolute Gasteiger partial charge is 0.317 e. The maximum absolute atomic E-state index is 12.4. The average Bonchev–Trinajstić information content (AvgIpc) is 3.13. The van der Waals surface area contributed by atoms with Crippen molar-refractivity contribution in [1.29, 1.82) is 0 Å². The second kappa shape index (κ2) is 5.06. The summed E-state index contributed by atoms with van der Waals surface area (Å²) in [5.41, 5.74) is 2.77. The van der Waals surface area contributed by atoms with Crippen LogP contribution in [0.25, 0.3) is 0 Å². The fraction of sp³-hybridized carbons (Fsp3) is 0.625. The van der Waals surface area contributed by atoms with Crippen molar-refractivity contribution in [3.8, 4) is 0 Å². The zero-order valence-electron chi connectivity index (χ0n) is 11.6. The predicted molar refractivity (Wildman–Crippen MR) is 72.6 cm³/mol. The Kier molecular flexibility index (Phi) is 3.53. The first kappa shape index (κ1) is 13.9. The molecule has 0 bridgehead atoms. The van der Waals surface area contributed by atoms with E-state index in [0.717, 1.165) is 12.8 Å². The van der Waals surface area contributed by atoms with Crippen molar-refractivity contribution in [3.63, 3.8) is 0 Å². The highest BCUT2D eigenvalue weighted by molar-refractivity contribution is 5.40. The summed E-state index contributed by atoms with van der Waals surface area (Å²) in [6, 6.07) is 8.39. The van der Waals surface area contributed by atoms with Crippen LogP contribution in [0.15, 0.2) is 24.3 Å². The summed E-state index contributed by atoms with van der Waals surface area (Å²) in [7, 11) is 1.79. The molecule has 0 radical (unpaired) electrons. The van der Waals surface area contributed by atoms with Crippen molar-refractivity contribution >= 4 is 0 Å². The topological polar surface area (TPSA) is 12.0 Å². The maximum atomic E-state index is 12.4. The first-order valence-corrected chi connectivity index (χ1v) is 7.33. The van der Waals surface area contributed by atoms with E-state index < -0.39 is 12.6 Å². The van der Waals surface area contributed by atoms with Crippen molar-refractivity contribution in [2.45, 2.75) is 43.8 Å². The lowest BCUT2D eigenvalue weighted by atomic mass is 9.92. The van der Waals surface area contributed by atoms with Gasteiger partial charge in [-0.15, -0.1) is 0 Å². The second-order valence-corrected chi connectivity index (χ2v) is 6.05. The standard InChI is InChI=1S/C16H20F3N/c1-20-13(8-9-16(17,18)19)15-12-7-6-10-4-2-3-5-11(10)14(12)15/h2-5,12-15,20H,6-9H2,1H3. The lowest BCUT2D eigenvalue weighted by Gasteiger charge is -2.17. The van der Waals surface area contributed by atoms with Crippen LogP contribution in [0.4, 0.5) is 13.2 Å². The summed E-state index contributed by atoms with van der Waals surface area (Å²) in [5, 5.41) is 3.12. The molecule has 1 nitrogen and oxygen atoms in total. The van der Waals surface area contributed by atoms with E-state index in [4.69, 9.17) is 0 Å². The Morgan fingerprint density at radius 3 is 2.75 bits per heavy atom. The summed E-state index contributed by atoms with van der Waals surface area (Å²) in [4.78, 5) is 0. The molecule has 0 amide bonds. The van der Waals surface area contributed by atoms with E-state index in [2.05, 4.69) is 23.5 Å². The highest BCUT2D eigenvalue weighted by Gasteiger charge is 2.56.